The summed E-state index contributed by atoms with van der Waals surface area (Å²) < 4.78 is 0. The lowest BCUT2D eigenvalue weighted by atomic mass is 10.1. The van der Waals surface area contributed by atoms with Crippen LogP contribution in [0.2, 0.25) is 0 Å². The average molecular weight is 347 g/mol. The number of rotatable bonds is 11. The second-order valence-corrected chi connectivity index (χ2v) is 5.11. The molecule has 3 atom stereocenters. The van der Waals surface area contributed by atoms with Crippen molar-refractivity contribution in [1.82, 2.24) is 10.6 Å². The number of amides is 2. The lowest BCUT2D eigenvalue weighted by Crippen LogP contribution is -2.43. The van der Waals surface area contributed by atoms with Crippen molar-refractivity contribution in [3.63, 3.8) is 0 Å². The number of hydrogen-bond acceptors (Lipinski definition) is 6. The molecule has 0 rings (SSSR count). The lowest BCUT2D eigenvalue weighted by Gasteiger charge is -2.15. The molecule has 0 aromatic rings. The van der Waals surface area contributed by atoms with Gasteiger partial charge in [-0.25, -0.2) is 4.79 Å². The Hall–Kier alpha value is -2.69. The van der Waals surface area contributed by atoms with Crippen molar-refractivity contribution < 1.29 is 39.3 Å². The van der Waals surface area contributed by atoms with Crippen molar-refractivity contribution in [2.45, 2.75) is 50.7 Å². The van der Waals surface area contributed by atoms with Gasteiger partial charge in [-0.05, 0) is 19.8 Å². The molecule has 136 valence electrons. The van der Waals surface area contributed by atoms with Gasteiger partial charge in [0, 0.05) is 12.8 Å². The minimum Gasteiger partial charge on any atom is -0.480 e. The fourth-order valence-electron chi connectivity index (χ4n) is 1.58. The van der Waals surface area contributed by atoms with Crippen LogP contribution in [0.4, 0.5) is 0 Å². The van der Waals surface area contributed by atoms with Crippen LogP contribution >= 0.6 is 0 Å². The average Bonchev–Trinajstić information content (AvgIpc) is 2.48. The summed E-state index contributed by atoms with van der Waals surface area (Å²) in [6, 6.07) is -3.71. The molecule has 0 aromatic carbocycles. The Morgan fingerprint density at radius 1 is 0.833 bits per heavy atom. The summed E-state index contributed by atoms with van der Waals surface area (Å²) >= 11 is 0. The highest BCUT2D eigenvalue weighted by Gasteiger charge is 2.23. The van der Waals surface area contributed by atoms with Crippen LogP contribution in [0.5, 0.6) is 0 Å². The van der Waals surface area contributed by atoms with Crippen LogP contribution in [0.25, 0.3) is 0 Å². The maximum atomic E-state index is 11.6. The van der Waals surface area contributed by atoms with Crippen LogP contribution in [-0.4, -0.2) is 63.2 Å². The number of aliphatic carboxylic acids is 3. The number of nitrogens with one attached hydrogen (secondary N) is 2. The number of carboxylic acids is 3. The molecular weight excluding hydrogens is 326 g/mol. The number of carboxylic acid groups (broad SMARTS) is 3. The second-order valence-electron chi connectivity index (χ2n) is 5.11. The van der Waals surface area contributed by atoms with E-state index in [4.69, 9.17) is 21.1 Å². The summed E-state index contributed by atoms with van der Waals surface area (Å²) in [5, 5.41) is 30.5. The molecule has 3 unspecified atom stereocenters. The van der Waals surface area contributed by atoms with E-state index >= 15 is 0 Å². The molecule has 0 aliphatic heterocycles. The van der Waals surface area contributed by atoms with Crippen molar-refractivity contribution in [3.05, 3.63) is 0 Å². The number of carbonyl (C=O) groups excluding carboxylic acids is 2. The van der Waals surface area contributed by atoms with Gasteiger partial charge in [0.1, 0.15) is 18.1 Å². The van der Waals surface area contributed by atoms with Crippen LogP contribution < -0.4 is 16.4 Å². The highest BCUT2D eigenvalue weighted by Crippen LogP contribution is 2.02. The molecule has 11 nitrogen and oxygen atoms in total. The quantitative estimate of drug-likeness (QED) is 0.248. The zero-order chi connectivity index (χ0) is 18.9. The molecule has 0 saturated heterocycles. The fourth-order valence-corrected chi connectivity index (χ4v) is 1.58. The zero-order valence-electron chi connectivity index (χ0n) is 13.0. The number of nitrogens with two attached hydrogens (primary N) is 1. The van der Waals surface area contributed by atoms with Crippen LogP contribution in [0.3, 0.4) is 0 Å². The summed E-state index contributed by atoms with van der Waals surface area (Å²) in [5.41, 5.74) is 5.23. The summed E-state index contributed by atoms with van der Waals surface area (Å²) in [6.07, 6.45) is -0.989. The van der Waals surface area contributed by atoms with Crippen LogP contribution in [0, 0.1) is 0 Å². The van der Waals surface area contributed by atoms with Gasteiger partial charge in [-0.2, -0.15) is 0 Å². The molecule has 0 bridgehead atoms. The first-order valence-electron chi connectivity index (χ1n) is 7.07. The highest BCUT2D eigenvalue weighted by molar-refractivity contribution is 5.86. The normalized spacial score (nSPS) is 14.1. The van der Waals surface area contributed by atoms with Crippen molar-refractivity contribution in [2.24, 2.45) is 5.73 Å². The molecule has 0 spiro atoms. The van der Waals surface area contributed by atoms with Gasteiger partial charge in [-0.3, -0.25) is 19.2 Å². The van der Waals surface area contributed by atoms with Gasteiger partial charge in [0.2, 0.25) is 11.8 Å². The standard InChI is InChI=1S/C13H21N3O8/c1-6(11(19)20)15-9(17)5-3-8(13(23)24)16-10(18)4-2-7(14)12(21)22/h6-8H,2-5,14H2,1H3,(H,15,17)(H,16,18)(H,19,20)(H,21,22)(H,23,24). The molecule has 24 heavy (non-hydrogen) atoms. The van der Waals surface area contributed by atoms with Gasteiger partial charge < -0.3 is 31.7 Å². The highest BCUT2D eigenvalue weighted by atomic mass is 16.4. The van der Waals surface area contributed by atoms with Gasteiger partial charge >= 0.3 is 17.9 Å². The second kappa shape index (κ2) is 10.2. The first kappa shape index (κ1) is 21.3. The summed E-state index contributed by atoms with van der Waals surface area (Å²) in [5.74, 6) is -5.26. The SMILES string of the molecule is CC(NC(=O)CCC(NC(=O)CCC(N)C(=O)O)C(=O)O)C(=O)O. The molecule has 0 fully saturated rings. The Balaban J connectivity index is 4.38. The van der Waals surface area contributed by atoms with Crippen molar-refractivity contribution in [3.8, 4) is 0 Å². The Bertz CT molecular complexity index is 507. The van der Waals surface area contributed by atoms with Crippen molar-refractivity contribution >= 4 is 29.7 Å². The maximum Gasteiger partial charge on any atom is 0.326 e. The zero-order valence-corrected chi connectivity index (χ0v) is 13.0. The van der Waals surface area contributed by atoms with Gasteiger partial charge in [-0.15, -0.1) is 0 Å². The Labute approximate surface area is 137 Å². The third kappa shape index (κ3) is 8.68. The maximum absolute atomic E-state index is 11.6. The Kier molecular flexibility index (Phi) is 9.02. The Morgan fingerprint density at radius 2 is 1.33 bits per heavy atom. The van der Waals surface area contributed by atoms with E-state index in [1.165, 1.54) is 6.92 Å². The minimum absolute atomic E-state index is 0.163. The third-order valence-corrected chi connectivity index (χ3v) is 3.04. The number of hydrogen-bond donors (Lipinski definition) is 6. The van der Waals surface area contributed by atoms with E-state index in [0.29, 0.717) is 0 Å². The van der Waals surface area contributed by atoms with Crippen LogP contribution in [-0.2, 0) is 24.0 Å². The smallest absolute Gasteiger partial charge is 0.326 e. The first-order valence-corrected chi connectivity index (χ1v) is 7.07. The molecule has 0 saturated carbocycles. The molecule has 0 aliphatic carbocycles. The van der Waals surface area contributed by atoms with E-state index in [2.05, 4.69) is 10.6 Å². The molecule has 2 amide bonds. The largest absolute Gasteiger partial charge is 0.480 e. The molecule has 0 aliphatic rings. The summed E-state index contributed by atoms with van der Waals surface area (Å²) in [6.45, 7) is 1.25. The molecule has 0 aromatic heterocycles. The fraction of sp³-hybridized carbons (Fsp3) is 0.615. The first-order chi connectivity index (χ1) is 11.0. The molecule has 7 N–H and O–H groups in total. The van der Waals surface area contributed by atoms with Gasteiger partial charge in [0.15, 0.2) is 0 Å². The molecular formula is C13H21N3O8. The third-order valence-electron chi connectivity index (χ3n) is 3.04. The van der Waals surface area contributed by atoms with E-state index in [9.17, 15) is 24.0 Å². The van der Waals surface area contributed by atoms with E-state index in [1.54, 1.807) is 0 Å². The lowest BCUT2D eigenvalue weighted by molar-refractivity contribution is -0.143. The van der Waals surface area contributed by atoms with Crippen molar-refractivity contribution in [1.29, 1.82) is 0 Å². The van der Waals surface area contributed by atoms with Gasteiger partial charge in [-0.1, -0.05) is 0 Å². The van der Waals surface area contributed by atoms with Crippen LogP contribution in [0.1, 0.15) is 32.6 Å². The van der Waals surface area contributed by atoms with E-state index in [0.717, 1.165) is 0 Å². The molecule has 0 heterocycles. The monoisotopic (exact) mass is 347 g/mol. The van der Waals surface area contributed by atoms with Crippen molar-refractivity contribution in [2.75, 3.05) is 0 Å². The summed E-state index contributed by atoms with van der Waals surface area (Å²) in [7, 11) is 0. The predicted molar refractivity (Wildman–Crippen MR) is 78.9 cm³/mol. The predicted octanol–water partition coefficient (Wildman–Crippen LogP) is -1.88. The van der Waals surface area contributed by atoms with E-state index < -0.39 is 47.8 Å². The molecule has 11 heteroatoms. The summed E-state index contributed by atoms with van der Waals surface area (Å²) in [4.78, 5) is 55.3. The van der Waals surface area contributed by atoms with Crippen LogP contribution in [0.15, 0.2) is 0 Å². The topological polar surface area (TPSA) is 196 Å². The van der Waals surface area contributed by atoms with E-state index in [1.807, 2.05) is 0 Å². The number of carbonyl (C=O) groups is 5. The Morgan fingerprint density at radius 3 is 1.79 bits per heavy atom. The molecule has 0 radical (unpaired) electrons. The minimum atomic E-state index is -1.37. The van der Waals surface area contributed by atoms with Gasteiger partial charge in [0.05, 0.1) is 0 Å². The van der Waals surface area contributed by atoms with E-state index in [-0.39, 0.29) is 25.7 Å². The van der Waals surface area contributed by atoms with Gasteiger partial charge in [0.25, 0.3) is 0 Å².